The van der Waals surface area contributed by atoms with Crippen molar-refractivity contribution < 1.29 is 0 Å². The molecular weight excluding hydrogens is 198 g/mol. The Morgan fingerprint density at radius 1 is 1.43 bits per heavy atom. The highest BCUT2D eigenvalue weighted by Gasteiger charge is 2.25. The molecule has 14 heavy (non-hydrogen) atoms. The topological polar surface area (TPSA) is 29.9 Å². The fourth-order valence-electron chi connectivity index (χ4n) is 1.86. The van der Waals surface area contributed by atoms with Crippen LogP contribution in [-0.4, -0.2) is 16.3 Å². The molecule has 0 bridgehead atoms. The number of nitrogens with one attached hydrogen (secondary N) is 1. The van der Waals surface area contributed by atoms with Crippen molar-refractivity contribution in [3.63, 3.8) is 0 Å². The van der Waals surface area contributed by atoms with Crippen molar-refractivity contribution in [2.75, 3.05) is 6.54 Å². The van der Waals surface area contributed by atoms with E-state index in [0.717, 1.165) is 19.5 Å². The van der Waals surface area contributed by atoms with Gasteiger partial charge in [-0.1, -0.05) is 11.6 Å². The van der Waals surface area contributed by atoms with Crippen molar-refractivity contribution in [1.29, 1.82) is 0 Å². The van der Waals surface area contributed by atoms with Crippen LogP contribution in [0.3, 0.4) is 0 Å². The number of hydrogen-bond acceptors (Lipinski definition) is 2. The highest BCUT2D eigenvalue weighted by molar-refractivity contribution is 6.30. The lowest BCUT2D eigenvalue weighted by molar-refractivity contribution is 0.340. The number of fused-ring (bicyclic) bond motifs is 1. The van der Waals surface area contributed by atoms with Crippen LogP contribution in [0, 0.1) is 0 Å². The number of nitrogens with zero attached hydrogens (tertiary/aromatic N) is 2. The molecule has 1 aromatic rings. The molecule has 2 rings (SSSR count). The Kier molecular flexibility index (Phi) is 2.32. The van der Waals surface area contributed by atoms with E-state index in [1.165, 1.54) is 11.3 Å². The Morgan fingerprint density at radius 3 is 2.79 bits per heavy atom. The molecule has 0 spiro atoms. The van der Waals surface area contributed by atoms with Gasteiger partial charge in [0.25, 0.3) is 0 Å². The summed E-state index contributed by atoms with van der Waals surface area (Å²) in [5, 5.41) is 8.37. The molecule has 2 heterocycles. The minimum atomic E-state index is 0.0224. The monoisotopic (exact) mass is 213 g/mol. The van der Waals surface area contributed by atoms with E-state index in [1.54, 1.807) is 0 Å². The normalized spacial score (nSPS) is 16.9. The van der Waals surface area contributed by atoms with Crippen LogP contribution in [-0.2, 0) is 18.5 Å². The quantitative estimate of drug-likeness (QED) is 0.714. The van der Waals surface area contributed by atoms with E-state index in [-0.39, 0.29) is 5.54 Å². The number of aromatic nitrogens is 2. The number of rotatable bonds is 0. The van der Waals surface area contributed by atoms with Gasteiger partial charge in [0.1, 0.15) is 0 Å². The molecule has 1 aliphatic rings. The zero-order chi connectivity index (χ0) is 10.3. The molecule has 4 heteroatoms. The summed E-state index contributed by atoms with van der Waals surface area (Å²) < 4.78 is 2.06. The molecule has 0 aliphatic carbocycles. The first-order valence-corrected chi connectivity index (χ1v) is 5.35. The van der Waals surface area contributed by atoms with Gasteiger partial charge in [0.05, 0.1) is 5.54 Å². The average Bonchev–Trinajstić information content (AvgIpc) is 2.44. The predicted octanol–water partition coefficient (Wildman–Crippen LogP) is 1.94. The average molecular weight is 214 g/mol. The van der Waals surface area contributed by atoms with Crippen molar-refractivity contribution >= 4 is 11.6 Å². The van der Waals surface area contributed by atoms with Crippen molar-refractivity contribution in [2.24, 2.45) is 0 Å². The van der Waals surface area contributed by atoms with E-state index >= 15 is 0 Å². The summed E-state index contributed by atoms with van der Waals surface area (Å²) in [5.41, 5.74) is 2.49. The Balaban J connectivity index is 2.52. The molecule has 0 fully saturated rings. The molecule has 1 aliphatic heterocycles. The van der Waals surface area contributed by atoms with E-state index in [1.807, 2.05) is 0 Å². The van der Waals surface area contributed by atoms with Crippen LogP contribution in [0.1, 0.15) is 32.0 Å². The number of halogens is 1. The van der Waals surface area contributed by atoms with Gasteiger partial charge >= 0.3 is 0 Å². The second kappa shape index (κ2) is 3.24. The van der Waals surface area contributed by atoms with Gasteiger partial charge in [-0.25, -0.2) is 0 Å². The Morgan fingerprint density at radius 2 is 2.14 bits per heavy atom. The van der Waals surface area contributed by atoms with Crippen molar-refractivity contribution in [1.82, 2.24) is 15.1 Å². The fourth-order valence-corrected chi connectivity index (χ4v) is 2.11. The van der Waals surface area contributed by atoms with Crippen molar-refractivity contribution in [3.8, 4) is 0 Å². The van der Waals surface area contributed by atoms with Crippen LogP contribution in [0.4, 0.5) is 0 Å². The predicted molar refractivity (Wildman–Crippen MR) is 57.6 cm³/mol. The van der Waals surface area contributed by atoms with Gasteiger partial charge in [-0.3, -0.25) is 4.68 Å². The standard InChI is InChI=1S/C10H16ClN3/c1-10(2,3)14-8-4-5-12-6-7(8)9(11)13-14/h12H,4-6H2,1-3H3. The second-order valence-electron chi connectivity index (χ2n) is 4.73. The molecule has 1 N–H and O–H groups in total. The minimum absolute atomic E-state index is 0.0224. The molecule has 0 aromatic carbocycles. The highest BCUT2D eigenvalue weighted by atomic mass is 35.5. The molecule has 0 saturated heterocycles. The fraction of sp³-hybridized carbons (Fsp3) is 0.700. The van der Waals surface area contributed by atoms with Gasteiger partial charge in [0.15, 0.2) is 5.15 Å². The lowest BCUT2D eigenvalue weighted by atomic mass is 10.1. The van der Waals surface area contributed by atoms with Gasteiger partial charge in [-0.05, 0) is 20.8 Å². The molecule has 0 unspecified atom stereocenters. The summed E-state index contributed by atoms with van der Waals surface area (Å²) in [7, 11) is 0. The second-order valence-corrected chi connectivity index (χ2v) is 5.08. The SMILES string of the molecule is CC(C)(C)n1nc(Cl)c2c1CCNC2. The van der Waals surface area contributed by atoms with Crippen LogP contribution in [0.15, 0.2) is 0 Å². The summed E-state index contributed by atoms with van der Waals surface area (Å²) in [6, 6.07) is 0. The van der Waals surface area contributed by atoms with Gasteiger partial charge in [0.2, 0.25) is 0 Å². The molecule has 3 nitrogen and oxygen atoms in total. The van der Waals surface area contributed by atoms with Crippen LogP contribution in [0.5, 0.6) is 0 Å². The third kappa shape index (κ3) is 1.55. The van der Waals surface area contributed by atoms with E-state index in [0.29, 0.717) is 5.15 Å². The lowest BCUT2D eigenvalue weighted by Gasteiger charge is -2.24. The Hall–Kier alpha value is -0.540. The van der Waals surface area contributed by atoms with Gasteiger partial charge in [-0.15, -0.1) is 0 Å². The zero-order valence-corrected chi connectivity index (χ0v) is 9.65. The summed E-state index contributed by atoms with van der Waals surface area (Å²) in [6.45, 7) is 8.32. The van der Waals surface area contributed by atoms with Gasteiger partial charge in [0, 0.05) is 30.8 Å². The van der Waals surface area contributed by atoms with Gasteiger partial charge < -0.3 is 5.32 Å². The molecule has 78 valence electrons. The zero-order valence-electron chi connectivity index (χ0n) is 8.89. The highest BCUT2D eigenvalue weighted by Crippen LogP contribution is 2.27. The number of hydrogen-bond donors (Lipinski definition) is 1. The lowest BCUT2D eigenvalue weighted by Crippen LogP contribution is -2.30. The summed E-state index contributed by atoms with van der Waals surface area (Å²) in [5.74, 6) is 0. The van der Waals surface area contributed by atoms with Gasteiger partial charge in [-0.2, -0.15) is 5.10 Å². The van der Waals surface area contributed by atoms with Crippen LogP contribution >= 0.6 is 11.6 Å². The van der Waals surface area contributed by atoms with E-state index in [9.17, 15) is 0 Å². The maximum Gasteiger partial charge on any atom is 0.155 e. The first-order chi connectivity index (χ1) is 6.50. The van der Waals surface area contributed by atoms with Crippen LogP contribution in [0.25, 0.3) is 0 Å². The largest absolute Gasteiger partial charge is 0.312 e. The molecule has 0 amide bonds. The maximum atomic E-state index is 6.10. The Bertz CT molecular complexity index is 349. The van der Waals surface area contributed by atoms with E-state index in [4.69, 9.17) is 11.6 Å². The van der Waals surface area contributed by atoms with Crippen LogP contribution in [0.2, 0.25) is 5.15 Å². The van der Waals surface area contributed by atoms with Crippen molar-refractivity contribution in [3.05, 3.63) is 16.4 Å². The third-order valence-corrected chi connectivity index (χ3v) is 2.82. The third-order valence-electron chi connectivity index (χ3n) is 2.52. The molecule has 0 radical (unpaired) electrons. The molecule has 1 aromatic heterocycles. The first-order valence-electron chi connectivity index (χ1n) is 4.97. The van der Waals surface area contributed by atoms with E-state index < -0.39 is 0 Å². The Labute approximate surface area is 89.4 Å². The van der Waals surface area contributed by atoms with Crippen LogP contribution < -0.4 is 5.32 Å². The summed E-state index contributed by atoms with van der Waals surface area (Å²) in [6.07, 6.45) is 1.02. The van der Waals surface area contributed by atoms with E-state index in [2.05, 4.69) is 35.9 Å². The first kappa shape index (κ1) is 9.99. The smallest absolute Gasteiger partial charge is 0.155 e. The molecule has 0 atom stereocenters. The summed E-state index contributed by atoms with van der Waals surface area (Å²) >= 11 is 6.10. The molecule has 0 saturated carbocycles. The van der Waals surface area contributed by atoms with Crippen molar-refractivity contribution in [2.45, 2.75) is 39.3 Å². The maximum absolute atomic E-state index is 6.10. The summed E-state index contributed by atoms with van der Waals surface area (Å²) in [4.78, 5) is 0. The molecular formula is C10H16ClN3. The minimum Gasteiger partial charge on any atom is -0.312 e.